The lowest BCUT2D eigenvalue weighted by molar-refractivity contribution is 0.662. The van der Waals surface area contributed by atoms with Crippen LogP contribution in [0.15, 0.2) is 249 Å². The summed E-state index contributed by atoms with van der Waals surface area (Å²) < 4.78 is 0. The van der Waals surface area contributed by atoms with Crippen LogP contribution in [0.1, 0.15) is 25.0 Å². The van der Waals surface area contributed by atoms with Gasteiger partial charge in [-0.3, -0.25) is 0 Å². The van der Waals surface area contributed by atoms with Crippen molar-refractivity contribution in [2.45, 2.75) is 19.3 Å². The molecule has 1 aliphatic rings. The highest BCUT2D eigenvalue weighted by atomic mass is 15.1. The molecule has 12 aromatic rings. The lowest BCUT2D eigenvalue weighted by atomic mass is 9.79. The molecule has 0 heterocycles. The van der Waals surface area contributed by atoms with E-state index in [-0.39, 0.29) is 5.41 Å². The largest absolute Gasteiger partial charge is 0.311 e. The van der Waals surface area contributed by atoms with Crippen molar-refractivity contribution in [3.05, 3.63) is 260 Å². The van der Waals surface area contributed by atoms with Gasteiger partial charge in [-0.2, -0.15) is 0 Å². The lowest BCUT2D eigenvalue weighted by Crippen LogP contribution is -2.16. The van der Waals surface area contributed by atoms with Crippen LogP contribution in [0.4, 0.5) is 17.1 Å². The Morgan fingerprint density at radius 3 is 1.35 bits per heavy atom. The molecular weight excluding hydrogens is 819 g/mol. The first-order chi connectivity index (χ1) is 33.5. The van der Waals surface area contributed by atoms with E-state index in [0.29, 0.717) is 0 Å². The highest BCUT2D eigenvalue weighted by molar-refractivity contribution is 6.25. The van der Waals surface area contributed by atoms with Crippen molar-refractivity contribution in [3.63, 3.8) is 0 Å². The van der Waals surface area contributed by atoms with Crippen molar-refractivity contribution >= 4 is 60.2 Å². The molecule has 1 heteroatoms. The fourth-order valence-corrected chi connectivity index (χ4v) is 11.4. The third-order valence-corrected chi connectivity index (χ3v) is 14.6. The first-order valence-electron chi connectivity index (χ1n) is 23.7. The predicted molar refractivity (Wildman–Crippen MR) is 290 cm³/mol. The van der Waals surface area contributed by atoms with Crippen LogP contribution in [0.25, 0.3) is 98.7 Å². The SMILES string of the molecule is CC1(C)c2ccccc2-c2cccc(-c3ccc(N(c4ccc(-c5cccc(-c6cccc7ccccc67)c5)cc4)c4ccc(-c5ccc6c7ccccc7c7ccccc7c6c5)cc4)cc3)c21. The minimum atomic E-state index is -0.100. The van der Waals surface area contributed by atoms with Gasteiger partial charge in [0.25, 0.3) is 0 Å². The van der Waals surface area contributed by atoms with Gasteiger partial charge in [0.1, 0.15) is 0 Å². The molecule has 13 rings (SSSR count). The predicted octanol–water partition coefficient (Wildman–Crippen LogP) is 18.7. The minimum absolute atomic E-state index is 0.100. The van der Waals surface area contributed by atoms with Crippen molar-refractivity contribution in [2.75, 3.05) is 4.90 Å². The van der Waals surface area contributed by atoms with Crippen molar-refractivity contribution in [1.29, 1.82) is 0 Å². The number of benzene rings is 12. The summed E-state index contributed by atoms with van der Waals surface area (Å²) in [5.74, 6) is 0. The van der Waals surface area contributed by atoms with Gasteiger partial charge < -0.3 is 4.90 Å². The standard InChI is InChI=1S/C67H47N/c1-67(2)65-27-10-9-23-62(65)63-26-13-25-56(66(63)67)47-32-39-53(40-33-47)68(51-35-28-44(29-36-51)48-16-11-17-50(42-48)55-24-12-15-46-14-3-4-18-54(46)55)52-37-30-45(31-38-52)49-34-41-61-59-21-6-5-19-57(59)58-20-7-8-22-60(58)64(61)43-49/h3-43H,1-2H3. The Balaban J connectivity index is 0.889. The van der Waals surface area contributed by atoms with Gasteiger partial charge in [-0.25, -0.2) is 0 Å². The zero-order valence-corrected chi connectivity index (χ0v) is 38.1. The molecule has 0 bridgehead atoms. The second-order valence-electron chi connectivity index (χ2n) is 18.8. The quantitative estimate of drug-likeness (QED) is 0.144. The van der Waals surface area contributed by atoms with Crippen molar-refractivity contribution < 1.29 is 0 Å². The smallest absolute Gasteiger partial charge is 0.0462 e. The van der Waals surface area contributed by atoms with E-state index in [0.717, 1.165) is 17.1 Å². The maximum absolute atomic E-state index is 2.39. The Bertz CT molecular complexity index is 3870. The van der Waals surface area contributed by atoms with E-state index in [1.54, 1.807) is 0 Å². The third-order valence-electron chi connectivity index (χ3n) is 14.6. The number of nitrogens with zero attached hydrogens (tertiary/aromatic N) is 1. The van der Waals surface area contributed by atoms with Crippen molar-refractivity contribution in [1.82, 2.24) is 0 Å². The molecule has 0 unspecified atom stereocenters. The van der Waals surface area contributed by atoms with Gasteiger partial charge in [0.15, 0.2) is 0 Å². The van der Waals surface area contributed by atoms with Gasteiger partial charge in [0.05, 0.1) is 0 Å². The second-order valence-corrected chi connectivity index (χ2v) is 18.8. The van der Waals surface area contributed by atoms with Crippen LogP contribution in [0, 0.1) is 0 Å². The van der Waals surface area contributed by atoms with Gasteiger partial charge in [-0.05, 0) is 158 Å². The molecule has 0 aromatic heterocycles. The summed E-state index contributed by atoms with van der Waals surface area (Å²) in [4.78, 5) is 2.39. The molecule has 0 N–H and O–H groups in total. The van der Waals surface area contributed by atoms with E-state index in [1.807, 2.05) is 0 Å². The first kappa shape index (κ1) is 39.8. The zero-order chi connectivity index (χ0) is 45.3. The van der Waals surface area contributed by atoms with Gasteiger partial charge in [0, 0.05) is 22.5 Å². The van der Waals surface area contributed by atoms with Crippen LogP contribution < -0.4 is 4.90 Å². The van der Waals surface area contributed by atoms with Crippen LogP contribution in [0.3, 0.4) is 0 Å². The third kappa shape index (κ3) is 6.46. The molecule has 12 aromatic carbocycles. The summed E-state index contributed by atoms with van der Waals surface area (Å²) in [7, 11) is 0. The molecule has 0 spiro atoms. The Morgan fingerprint density at radius 2 is 0.691 bits per heavy atom. The second kappa shape index (κ2) is 15.8. The average Bonchev–Trinajstić information content (AvgIpc) is 3.65. The summed E-state index contributed by atoms with van der Waals surface area (Å²) in [5.41, 5.74) is 18.4. The van der Waals surface area contributed by atoms with E-state index in [2.05, 4.69) is 267 Å². The molecule has 1 nitrogen and oxygen atoms in total. The molecule has 68 heavy (non-hydrogen) atoms. The summed E-state index contributed by atoms with van der Waals surface area (Å²) in [6.07, 6.45) is 0. The normalized spacial score (nSPS) is 12.7. The van der Waals surface area contributed by atoms with Crippen LogP contribution in [0.5, 0.6) is 0 Å². The maximum atomic E-state index is 2.39. The Kier molecular flexibility index (Phi) is 9.27. The summed E-state index contributed by atoms with van der Waals surface area (Å²) in [6.45, 7) is 4.74. The lowest BCUT2D eigenvalue weighted by Gasteiger charge is -2.27. The molecule has 0 aliphatic heterocycles. The number of rotatable bonds is 7. The van der Waals surface area contributed by atoms with Crippen molar-refractivity contribution in [2.24, 2.45) is 0 Å². The number of fused-ring (bicyclic) bond motifs is 10. The summed E-state index contributed by atoms with van der Waals surface area (Å²) in [5, 5.41) is 10.2. The van der Waals surface area contributed by atoms with E-state index in [1.165, 1.54) is 110 Å². The fourth-order valence-electron chi connectivity index (χ4n) is 11.4. The van der Waals surface area contributed by atoms with Crippen LogP contribution >= 0.6 is 0 Å². The molecule has 0 saturated heterocycles. The number of hydrogen-bond acceptors (Lipinski definition) is 1. The molecule has 0 atom stereocenters. The van der Waals surface area contributed by atoms with E-state index in [9.17, 15) is 0 Å². The highest BCUT2D eigenvalue weighted by Gasteiger charge is 2.37. The minimum Gasteiger partial charge on any atom is -0.311 e. The average molecular weight is 866 g/mol. The van der Waals surface area contributed by atoms with E-state index < -0.39 is 0 Å². The van der Waals surface area contributed by atoms with E-state index >= 15 is 0 Å². The monoisotopic (exact) mass is 865 g/mol. The molecule has 320 valence electrons. The van der Waals surface area contributed by atoms with E-state index in [4.69, 9.17) is 0 Å². The fraction of sp³-hybridized carbons (Fsp3) is 0.0448. The number of anilines is 3. The number of hydrogen-bond donors (Lipinski definition) is 0. The zero-order valence-electron chi connectivity index (χ0n) is 38.1. The Morgan fingerprint density at radius 1 is 0.265 bits per heavy atom. The molecule has 0 radical (unpaired) electrons. The van der Waals surface area contributed by atoms with Gasteiger partial charge >= 0.3 is 0 Å². The topological polar surface area (TPSA) is 3.24 Å². The molecular formula is C67H47N. The Labute approximate surface area is 397 Å². The molecule has 0 amide bonds. The summed E-state index contributed by atoms with van der Waals surface area (Å²) in [6, 6.07) is 91.8. The van der Waals surface area contributed by atoms with Crippen LogP contribution in [0.2, 0.25) is 0 Å². The Hall–Kier alpha value is -8.52. The van der Waals surface area contributed by atoms with Crippen molar-refractivity contribution in [3.8, 4) is 55.6 Å². The molecule has 0 saturated carbocycles. The maximum Gasteiger partial charge on any atom is 0.0462 e. The molecule has 1 aliphatic carbocycles. The molecule has 0 fully saturated rings. The van der Waals surface area contributed by atoms with Crippen LogP contribution in [-0.4, -0.2) is 0 Å². The van der Waals surface area contributed by atoms with Gasteiger partial charge in [-0.1, -0.05) is 214 Å². The van der Waals surface area contributed by atoms with Crippen LogP contribution in [-0.2, 0) is 5.41 Å². The first-order valence-corrected chi connectivity index (χ1v) is 23.7. The van der Waals surface area contributed by atoms with Gasteiger partial charge in [-0.15, -0.1) is 0 Å². The van der Waals surface area contributed by atoms with Gasteiger partial charge in [0.2, 0.25) is 0 Å². The summed E-state index contributed by atoms with van der Waals surface area (Å²) >= 11 is 0. The highest BCUT2D eigenvalue weighted by Crippen LogP contribution is 2.52.